The van der Waals surface area contributed by atoms with Crippen LogP contribution in [0.1, 0.15) is 6.92 Å². The summed E-state index contributed by atoms with van der Waals surface area (Å²) in [5, 5.41) is 10.0. The highest BCUT2D eigenvalue weighted by Crippen LogP contribution is 2.23. The predicted molar refractivity (Wildman–Crippen MR) is 68.5 cm³/mol. The molecule has 0 aliphatic carbocycles. The van der Waals surface area contributed by atoms with Crippen LogP contribution in [0, 0.1) is 0 Å². The summed E-state index contributed by atoms with van der Waals surface area (Å²) in [4.78, 5) is 23.6. The van der Waals surface area contributed by atoms with Gasteiger partial charge in [-0.05, 0) is 18.7 Å². The highest BCUT2D eigenvalue weighted by Gasteiger charge is 2.12. The Labute approximate surface area is 112 Å². The van der Waals surface area contributed by atoms with Crippen molar-refractivity contribution in [2.45, 2.75) is 17.2 Å². The third-order valence-electron chi connectivity index (χ3n) is 2.13. The Bertz CT molecular complexity index is 623. The normalized spacial score (nSPS) is 10.5. The summed E-state index contributed by atoms with van der Waals surface area (Å²) < 4.78 is 6.37. The average Bonchev–Trinajstić information content (AvgIpc) is 2.71. The number of H-pyrrole nitrogens is 1. The smallest absolute Gasteiger partial charge is 0.343 e. The van der Waals surface area contributed by atoms with Crippen LogP contribution in [0.15, 0.2) is 15.1 Å². The molecule has 0 aromatic carbocycles. The van der Waals surface area contributed by atoms with Crippen molar-refractivity contribution in [3.05, 3.63) is 10.5 Å². The van der Waals surface area contributed by atoms with Crippen LogP contribution in [0.2, 0.25) is 0 Å². The van der Waals surface area contributed by atoms with Crippen LogP contribution in [0.3, 0.4) is 0 Å². The first-order chi connectivity index (χ1) is 9.13. The van der Waals surface area contributed by atoms with Crippen molar-refractivity contribution in [1.29, 1.82) is 0 Å². The van der Waals surface area contributed by atoms with Gasteiger partial charge in [-0.1, -0.05) is 0 Å². The fourth-order valence-corrected chi connectivity index (χ4v) is 1.95. The Balaban J connectivity index is 2.31. The van der Waals surface area contributed by atoms with Gasteiger partial charge in [0, 0.05) is 13.6 Å². The van der Waals surface area contributed by atoms with E-state index in [-0.39, 0.29) is 11.7 Å². The Morgan fingerprint density at radius 3 is 2.79 bits per heavy atom. The Hall–Kier alpha value is -2.10. The monoisotopic (exact) mass is 283 g/mol. The lowest BCUT2D eigenvalue weighted by Gasteiger charge is -2.05. The molecule has 0 bridgehead atoms. The molecule has 0 saturated carbocycles. The van der Waals surface area contributed by atoms with Crippen molar-refractivity contribution >= 4 is 17.7 Å². The zero-order chi connectivity index (χ0) is 13.8. The Morgan fingerprint density at radius 2 is 2.21 bits per heavy atom. The minimum absolute atomic E-state index is 0.203. The molecule has 0 saturated heterocycles. The third-order valence-corrected chi connectivity index (χ3v) is 3.05. The third kappa shape index (κ3) is 3.02. The van der Waals surface area contributed by atoms with Crippen molar-refractivity contribution in [3.8, 4) is 6.01 Å². The van der Waals surface area contributed by atoms with Gasteiger partial charge in [0.2, 0.25) is 11.1 Å². The van der Waals surface area contributed by atoms with Gasteiger partial charge in [0.1, 0.15) is 0 Å². The first-order valence-corrected chi connectivity index (χ1v) is 6.29. The fourth-order valence-electron chi connectivity index (χ4n) is 1.22. The molecule has 2 N–H and O–H groups in total. The summed E-state index contributed by atoms with van der Waals surface area (Å²) in [5.74, 6) is 0.414. The molecule has 9 nitrogen and oxygen atoms in total. The minimum atomic E-state index is -0.296. The first kappa shape index (κ1) is 13.3. The highest BCUT2D eigenvalue weighted by atomic mass is 32.2. The number of rotatable bonds is 5. The van der Waals surface area contributed by atoms with Gasteiger partial charge in [-0.2, -0.15) is 15.0 Å². The molecule has 0 radical (unpaired) electrons. The first-order valence-electron chi connectivity index (χ1n) is 5.47. The second kappa shape index (κ2) is 5.69. The van der Waals surface area contributed by atoms with Gasteiger partial charge in [0.15, 0.2) is 5.16 Å². The van der Waals surface area contributed by atoms with Crippen LogP contribution >= 0.6 is 11.8 Å². The molecule has 102 valence electrons. The number of ether oxygens (including phenoxy) is 1. The van der Waals surface area contributed by atoms with E-state index in [2.05, 4.69) is 30.5 Å². The van der Waals surface area contributed by atoms with Crippen LogP contribution in [0.4, 0.5) is 5.95 Å². The van der Waals surface area contributed by atoms with Crippen molar-refractivity contribution in [3.63, 3.8) is 0 Å². The molecule has 2 heterocycles. The molecule has 19 heavy (non-hydrogen) atoms. The van der Waals surface area contributed by atoms with Crippen molar-refractivity contribution < 1.29 is 4.74 Å². The van der Waals surface area contributed by atoms with Gasteiger partial charge in [-0.15, -0.1) is 5.10 Å². The maximum Gasteiger partial charge on any atom is 0.343 e. The number of aromatic nitrogens is 6. The molecular weight excluding hydrogens is 270 g/mol. The predicted octanol–water partition coefficient (Wildman–Crippen LogP) is -0.115. The van der Waals surface area contributed by atoms with Gasteiger partial charge in [0.05, 0.1) is 7.11 Å². The summed E-state index contributed by atoms with van der Waals surface area (Å²) in [7, 11) is 3.08. The Morgan fingerprint density at radius 1 is 1.42 bits per heavy atom. The van der Waals surface area contributed by atoms with E-state index in [4.69, 9.17) is 4.74 Å². The minimum Gasteiger partial charge on any atom is -0.467 e. The second-order valence-electron chi connectivity index (χ2n) is 3.43. The lowest BCUT2D eigenvalue weighted by atomic mass is 10.7. The average molecular weight is 283 g/mol. The van der Waals surface area contributed by atoms with E-state index in [0.717, 1.165) is 11.8 Å². The van der Waals surface area contributed by atoms with E-state index in [1.165, 1.54) is 11.7 Å². The number of aromatic amines is 1. The van der Waals surface area contributed by atoms with E-state index in [0.29, 0.717) is 22.8 Å². The highest BCUT2D eigenvalue weighted by molar-refractivity contribution is 7.99. The van der Waals surface area contributed by atoms with Gasteiger partial charge < -0.3 is 10.1 Å². The molecule has 0 fully saturated rings. The van der Waals surface area contributed by atoms with Gasteiger partial charge in [0.25, 0.3) is 0 Å². The maximum absolute atomic E-state index is 11.3. The number of hydrogen-bond acceptors (Lipinski definition) is 8. The number of anilines is 1. The molecular formula is C9H13N7O2S. The second-order valence-corrected chi connectivity index (χ2v) is 4.37. The van der Waals surface area contributed by atoms with Gasteiger partial charge >= 0.3 is 11.7 Å². The van der Waals surface area contributed by atoms with Crippen LogP contribution in [-0.4, -0.2) is 43.4 Å². The summed E-state index contributed by atoms with van der Waals surface area (Å²) in [5.41, 5.74) is -0.296. The van der Waals surface area contributed by atoms with E-state index >= 15 is 0 Å². The molecule has 0 aliphatic rings. The van der Waals surface area contributed by atoms with Gasteiger partial charge in [-0.25, -0.2) is 9.89 Å². The van der Waals surface area contributed by atoms with Crippen molar-refractivity contribution in [2.75, 3.05) is 19.0 Å². The molecule has 0 aliphatic heterocycles. The van der Waals surface area contributed by atoms with Gasteiger partial charge in [-0.3, -0.25) is 4.57 Å². The van der Waals surface area contributed by atoms with Crippen molar-refractivity contribution in [1.82, 2.24) is 29.7 Å². The zero-order valence-electron chi connectivity index (χ0n) is 10.7. The molecule has 10 heteroatoms. The molecule has 2 rings (SSSR count). The summed E-state index contributed by atoms with van der Waals surface area (Å²) in [6.45, 7) is 2.61. The van der Waals surface area contributed by atoms with Crippen LogP contribution in [-0.2, 0) is 7.05 Å². The Kier molecular flexibility index (Phi) is 4.00. The quantitative estimate of drug-likeness (QED) is 0.781. The number of nitrogens with one attached hydrogen (secondary N) is 2. The lowest BCUT2D eigenvalue weighted by molar-refractivity contribution is 0.373. The standard InChI is InChI=1S/C9H13N7O2S/c1-4-10-5-11-6(18-3)13-7(12-5)19-9-15-14-8(17)16(9)2/h4H2,1-3H3,(H,14,17)(H,10,11,12,13). The molecule has 0 unspecified atom stereocenters. The van der Waals surface area contributed by atoms with E-state index in [9.17, 15) is 4.79 Å². The zero-order valence-corrected chi connectivity index (χ0v) is 11.5. The fraction of sp³-hybridized carbons (Fsp3) is 0.444. The summed E-state index contributed by atoms with van der Waals surface area (Å²) >= 11 is 1.14. The number of nitrogens with zero attached hydrogens (tertiary/aromatic N) is 5. The summed E-state index contributed by atoms with van der Waals surface area (Å²) in [6, 6.07) is 0.203. The summed E-state index contributed by atoms with van der Waals surface area (Å²) in [6.07, 6.45) is 0. The van der Waals surface area contributed by atoms with Crippen molar-refractivity contribution in [2.24, 2.45) is 7.05 Å². The largest absolute Gasteiger partial charge is 0.467 e. The topological polar surface area (TPSA) is 111 Å². The molecule has 2 aromatic heterocycles. The van der Waals surface area contributed by atoms with Crippen LogP contribution < -0.4 is 15.7 Å². The number of methoxy groups -OCH3 is 1. The SMILES string of the molecule is CCNc1nc(OC)nc(Sc2n[nH]c(=O)n2C)n1. The molecule has 0 atom stereocenters. The van der Waals surface area contributed by atoms with E-state index in [1.54, 1.807) is 7.05 Å². The van der Waals surface area contributed by atoms with E-state index < -0.39 is 0 Å². The maximum atomic E-state index is 11.3. The van der Waals surface area contributed by atoms with E-state index in [1.807, 2.05) is 6.92 Å². The lowest BCUT2D eigenvalue weighted by Crippen LogP contribution is -2.13. The van der Waals surface area contributed by atoms with Crippen LogP contribution in [0.5, 0.6) is 6.01 Å². The van der Waals surface area contributed by atoms with Crippen LogP contribution in [0.25, 0.3) is 0 Å². The molecule has 0 spiro atoms. The molecule has 2 aromatic rings. The number of hydrogen-bond donors (Lipinski definition) is 2. The molecule has 0 amide bonds.